The first-order valence-electron chi connectivity index (χ1n) is 4.63. The van der Waals surface area contributed by atoms with Crippen LogP contribution in [0.25, 0.3) is 11.4 Å². The van der Waals surface area contributed by atoms with Crippen molar-refractivity contribution in [3.8, 4) is 11.4 Å². The van der Waals surface area contributed by atoms with E-state index in [4.69, 9.17) is 5.11 Å². The summed E-state index contributed by atoms with van der Waals surface area (Å²) < 4.78 is 1.75. The Morgan fingerprint density at radius 2 is 2.19 bits per heavy atom. The van der Waals surface area contributed by atoms with Crippen molar-refractivity contribution in [2.75, 3.05) is 0 Å². The van der Waals surface area contributed by atoms with Crippen LogP contribution in [-0.2, 0) is 7.05 Å². The minimum Gasteiger partial charge on any atom is -0.476 e. The molecule has 2 aromatic rings. The summed E-state index contributed by atoms with van der Waals surface area (Å²) in [6, 6.07) is 0. The fourth-order valence-corrected chi connectivity index (χ4v) is 1.38. The summed E-state index contributed by atoms with van der Waals surface area (Å²) in [6.45, 7) is 1.61. The van der Waals surface area contributed by atoms with Gasteiger partial charge in [-0.3, -0.25) is 4.98 Å². The Balaban J connectivity index is 2.56. The lowest BCUT2D eigenvalue weighted by molar-refractivity contribution is 0.0689. The molecule has 6 heteroatoms. The molecule has 0 radical (unpaired) electrons. The lowest BCUT2D eigenvalue weighted by atomic mass is 10.3. The minimum atomic E-state index is -1.07. The van der Waals surface area contributed by atoms with Crippen molar-refractivity contribution in [2.24, 2.45) is 7.05 Å². The Bertz CT molecular complexity index is 548. The van der Waals surface area contributed by atoms with E-state index in [0.717, 1.165) is 5.69 Å². The Morgan fingerprint density at radius 1 is 1.44 bits per heavy atom. The molecule has 16 heavy (non-hydrogen) atoms. The number of nitrogens with zero attached hydrogens (tertiary/aromatic N) is 4. The van der Waals surface area contributed by atoms with E-state index in [1.165, 1.54) is 0 Å². The van der Waals surface area contributed by atoms with Crippen LogP contribution in [0.2, 0.25) is 0 Å². The molecule has 0 unspecified atom stereocenters. The van der Waals surface area contributed by atoms with Crippen molar-refractivity contribution < 1.29 is 9.90 Å². The highest BCUT2D eigenvalue weighted by molar-refractivity contribution is 5.87. The van der Waals surface area contributed by atoms with E-state index in [1.54, 1.807) is 30.2 Å². The third-order valence-electron chi connectivity index (χ3n) is 2.24. The first-order valence-corrected chi connectivity index (χ1v) is 4.63. The summed E-state index contributed by atoms with van der Waals surface area (Å²) in [5, 5.41) is 8.93. The van der Waals surface area contributed by atoms with Crippen molar-refractivity contribution >= 4 is 5.97 Å². The summed E-state index contributed by atoms with van der Waals surface area (Å²) in [7, 11) is 1.81. The van der Waals surface area contributed by atoms with Crippen molar-refractivity contribution in [1.82, 2.24) is 19.5 Å². The van der Waals surface area contributed by atoms with Gasteiger partial charge in [0.2, 0.25) is 0 Å². The number of aromatic carboxylic acids is 1. The van der Waals surface area contributed by atoms with E-state index in [0.29, 0.717) is 11.4 Å². The number of carboxylic acids is 1. The van der Waals surface area contributed by atoms with Gasteiger partial charge in [0.25, 0.3) is 0 Å². The Kier molecular flexibility index (Phi) is 2.40. The lowest BCUT2D eigenvalue weighted by Crippen LogP contribution is -2.07. The van der Waals surface area contributed by atoms with Crippen LogP contribution in [0.5, 0.6) is 0 Å². The average Bonchev–Trinajstić information content (AvgIpc) is 2.65. The second-order valence-electron chi connectivity index (χ2n) is 3.38. The molecule has 0 aliphatic rings. The van der Waals surface area contributed by atoms with Crippen LogP contribution in [-0.4, -0.2) is 30.6 Å². The van der Waals surface area contributed by atoms with Crippen LogP contribution in [0.4, 0.5) is 0 Å². The number of aromatic nitrogens is 4. The molecule has 2 rings (SSSR count). The summed E-state index contributed by atoms with van der Waals surface area (Å²) in [6.07, 6.45) is 4.78. The molecule has 0 bridgehead atoms. The average molecular weight is 218 g/mol. The molecular weight excluding hydrogens is 208 g/mol. The normalized spacial score (nSPS) is 10.4. The van der Waals surface area contributed by atoms with Gasteiger partial charge < -0.3 is 9.67 Å². The highest BCUT2D eigenvalue weighted by atomic mass is 16.4. The second-order valence-corrected chi connectivity index (χ2v) is 3.38. The molecule has 0 aromatic carbocycles. The van der Waals surface area contributed by atoms with Gasteiger partial charge in [-0.25, -0.2) is 14.8 Å². The third kappa shape index (κ3) is 1.65. The summed E-state index contributed by atoms with van der Waals surface area (Å²) in [4.78, 5) is 22.9. The van der Waals surface area contributed by atoms with Crippen LogP contribution < -0.4 is 0 Å². The van der Waals surface area contributed by atoms with Gasteiger partial charge in [-0.2, -0.15) is 0 Å². The smallest absolute Gasteiger partial charge is 0.356 e. The van der Waals surface area contributed by atoms with Crippen LogP contribution in [0, 0.1) is 6.92 Å². The molecular formula is C10H10N4O2. The second kappa shape index (κ2) is 3.73. The first-order chi connectivity index (χ1) is 7.59. The van der Waals surface area contributed by atoms with Crippen molar-refractivity contribution in [2.45, 2.75) is 6.92 Å². The molecule has 2 heterocycles. The van der Waals surface area contributed by atoms with Crippen LogP contribution in [0.3, 0.4) is 0 Å². The van der Waals surface area contributed by atoms with Gasteiger partial charge in [0, 0.05) is 7.05 Å². The summed E-state index contributed by atoms with van der Waals surface area (Å²) >= 11 is 0. The SMILES string of the molecule is Cc1ncc(-c2cncn2C)nc1C(=O)O. The zero-order valence-corrected chi connectivity index (χ0v) is 8.88. The molecule has 0 aliphatic carbocycles. The van der Waals surface area contributed by atoms with Crippen molar-refractivity contribution in [1.29, 1.82) is 0 Å². The fourth-order valence-electron chi connectivity index (χ4n) is 1.38. The monoisotopic (exact) mass is 218 g/mol. The predicted octanol–water partition coefficient (Wildman–Crippen LogP) is 0.884. The van der Waals surface area contributed by atoms with Crippen LogP contribution in [0.1, 0.15) is 16.2 Å². The molecule has 1 N–H and O–H groups in total. The first kappa shape index (κ1) is 10.3. The van der Waals surface area contributed by atoms with Gasteiger partial charge in [0.15, 0.2) is 5.69 Å². The molecule has 82 valence electrons. The van der Waals surface area contributed by atoms with Gasteiger partial charge in [-0.05, 0) is 6.92 Å². The summed E-state index contributed by atoms with van der Waals surface area (Å²) in [5.41, 5.74) is 1.61. The number of carboxylic acid groups (broad SMARTS) is 1. The number of rotatable bonds is 2. The van der Waals surface area contributed by atoms with Gasteiger partial charge in [-0.15, -0.1) is 0 Å². The summed E-state index contributed by atoms with van der Waals surface area (Å²) in [5.74, 6) is -1.07. The number of carbonyl (C=O) groups is 1. The zero-order valence-electron chi connectivity index (χ0n) is 8.88. The predicted molar refractivity (Wildman–Crippen MR) is 55.9 cm³/mol. The van der Waals surface area contributed by atoms with Crippen LogP contribution >= 0.6 is 0 Å². The quantitative estimate of drug-likeness (QED) is 0.809. The highest BCUT2D eigenvalue weighted by Crippen LogP contribution is 2.15. The molecule has 0 atom stereocenters. The lowest BCUT2D eigenvalue weighted by Gasteiger charge is -2.04. The Morgan fingerprint density at radius 3 is 2.75 bits per heavy atom. The fraction of sp³-hybridized carbons (Fsp3) is 0.200. The largest absolute Gasteiger partial charge is 0.476 e. The van der Waals surface area contributed by atoms with Gasteiger partial charge in [0.05, 0.1) is 30.1 Å². The molecule has 0 saturated carbocycles. The number of hydrogen-bond donors (Lipinski definition) is 1. The highest BCUT2D eigenvalue weighted by Gasteiger charge is 2.13. The molecule has 0 fully saturated rings. The number of aryl methyl sites for hydroxylation is 2. The molecule has 0 saturated heterocycles. The van der Waals surface area contributed by atoms with Crippen molar-refractivity contribution in [3.05, 3.63) is 30.1 Å². The van der Waals surface area contributed by atoms with Crippen molar-refractivity contribution in [3.63, 3.8) is 0 Å². The molecule has 6 nitrogen and oxygen atoms in total. The third-order valence-corrected chi connectivity index (χ3v) is 2.24. The molecule has 2 aromatic heterocycles. The maximum atomic E-state index is 10.9. The minimum absolute atomic E-state index is 0.0290. The number of imidazole rings is 1. The van der Waals surface area contributed by atoms with Crippen LogP contribution in [0.15, 0.2) is 18.7 Å². The van der Waals surface area contributed by atoms with Gasteiger partial charge in [-0.1, -0.05) is 0 Å². The number of hydrogen-bond acceptors (Lipinski definition) is 4. The Hall–Kier alpha value is -2.24. The molecule has 0 amide bonds. The zero-order chi connectivity index (χ0) is 11.7. The van der Waals surface area contributed by atoms with E-state index in [-0.39, 0.29) is 5.69 Å². The van der Waals surface area contributed by atoms with Gasteiger partial charge in [0.1, 0.15) is 5.69 Å². The van der Waals surface area contributed by atoms with E-state index in [1.807, 2.05) is 7.05 Å². The maximum absolute atomic E-state index is 10.9. The topological polar surface area (TPSA) is 80.9 Å². The van der Waals surface area contributed by atoms with E-state index < -0.39 is 5.97 Å². The molecule has 0 aliphatic heterocycles. The van der Waals surface area contributed by atoms with E-state index in [9.17, 15) is 4.79 Å². The molecule has 0 spiro atoms. The maximum Gasteiger partial charge on any atom is 0.356 e. The standard InChI is InChI=1S/C10H10N4O2/c1-6-9(10(15)16)13-7(3-12-6)8-4-11-5-14(8)2/h3-5H,1-2H3,(H,15,16). The van der Waals surface area contributed by atoms with Gasteiger partial charge >= 0.3 is 5.97 Å². The van der Waals surface area contributed by atoms with E-state index >= 15 is 0 Å². The Labute approximate surface area is 91.6 Å². The van der Waals surface area contributed by atoms with E-state index in [2.05, 4.69) is 15.0 Å².